The van der Waals surface area contributed by atoms with E-state index >= 15 is 0 Å². The van der Waals surface area contributed by atoms with Gasteiger partial charge in [0.2, 0.25) is 0 Å². The van der Waals surface area contributed by atoms with Gasteiger partial charge < -0.3 is 9.72 Å². The van der Waals surface area contributed by atoms with E-state index in [4.69, 9.17) is 4.74 Å². The third-order valence-corrected chi connectivity index (χ3v) is 3.39. The predicted octanol–water partition coefficient (Wildman–Crippen LogP) is 4.03. The van der Waals surface area contributed by atoms with Crippen molar-refractivity contribution in [3.63, 3.8) is 0 Å². The molecule has 0 fully saturated rings. The fourth-order valence-corrected chi connectivity index (χ4v) is 2.99. The fraction of sp³-hybridized carbons (Fsp3) is 0.0833. The van der Waals surface area contributed by atoms with E-state index in [0.717, 1.165) is 32.2 Å². The molecular weight excluding hydrogens is 350 g/mol. The third kappa shape index (κ3) is 2.45. The summed E-state index contributed by atoms with van der Waals surface area (Å²) in [5.74, 6) is 0.729. The molecule has 1 heterocycles. The molecule has 0 amide bonds. The van der Waals surface area contributed by atoms with Crippen molar-refractivity contribution in [1.29, 1.82) is 0 Å². The molecule has 1 aromatic heterocycles. The summed E-state index contributed by atoms with van der Waals surface area (Å²) in [5.41, 5.74) is 2.27. The molecule has 0 saturated heterocycles. The fourth-order valence-electron chi connectivity index (χ4n) is 1.61. The molecular formula is C12H9Br2NO2. The predicted molar refractivity (Wildman–Crippen MR) is 73.6 cm³/mol. The van der Waals surface area contributed by atoms with Gasteiger partial charge in [-0.25, -0.2) is 0 Å². The number of aromatic amines is 1. The Hall–Kier alpha value is -1.07. The number of hydrogen-bond donors (Lipinski definition) is 1. The first-order valence-electron chi connectivity index (χ1n) is 4.83. The Balaban J connectivity index is 2.60. The minimum Gasteiger partial charge on any atom is -0.495 e. The van der Waals surface area contributed by atoms with Crippen molar-refractivity contribution >= 4 is 38.1 Å². The Bertz CT molecular complexity index is 564. The van der Waals surface area contributed by atoms with E-state index in [1.807, 2.05) is 18.2 Å². The first-order chi connectivity index (χ1) is 8.15. The van der Waals surface area contributed by atoms with Gasteiger partial charge in [0.15, 0.2) is 6.29 Å². The lowest BCUT2D eigenvalue weighted by molar-refractivity contribution is 0.111. The van der Waals surface area contributed by atoms with Crippen LogP contribution in [0.25, 0.3) is 11.3 Å². The van der Waals surface area contributed by atoms with Crippen molar-refractivity contribution in [2.45, 2.75) is 0 Å². The molecule has 0 unspecified atom stereocenters. The van der Waals surface area contributed by atoms with Gasteiger partial charge in [0.05, 0.1) is 17.3 Å². The zero-order valence-electron chi connectivity index (χ0n) is 8.96. The summed E-state index contributed by atoms with van der Waals surface area (Å²) in [7, 11) is 1.61. The normalized spacial score (nSPS) is 10.3. The second-order valence-corrected chi connectivity index (χ2v) is 5.18. The van der Waals surface area contributed by atoms with Crippen LogP contribution in [0.4, 0.5) is 0 Å². The van der Waals surface area contributed by atoms with Gasteiger partial charge in [-0.2, -0.15) is 0 Å². The number of ether oxygens (including phenoxy) is 1. The molecule has 1 N–H and O–H groups in total. The van der Waals surface area contributed by atoms with Gasteiger partial charge in [-0.15, -0.1) is 0 Å². The summed E-state index contributed by atoms with van der Waals surface area (Å²) in [6.07, 6.45) is 0.781. The van der Waals surface area contributed by atoms with E-state index in [-0.39, 0.29) is 0 Å². The van der Waals surface area contributed by atoms with Gasteiger partial charge >= 0.3 is 0 Å². The zero-order valence-corrected chi connectivity index (χ0v) is 12.1. The highest BCUT2D eigenvalue weighted by Gasteiger charge is 2.12. The monoisotopic (exact) mass is 357 g/mol. The number of nitrogens with one attached hydrogen (secondary N) is 1. The number of aromatic nitrogens is 1. The summed E-state index contributed by atoms with van der Waals surface area (Å²) < 4.78 is 7.14. The van der Waals surface area contributed by atoms with Crippen LogP contribution in [-0.2, 0) is 0 Å². The van der Waals surface area contributed by atoms with Crippen molar-refractivity contribution in [3.05, 3.63) is 38.9 Å². The number of rotatable bonds is 3. The summed E-state index contributed by atoms with van der Waals surface area (Å²) in [5, 5.41) is 0. The lowest BCUT2D eigenvalue weighted by Gasteiger charge is -2.10. The van der Waals surface area contributed by atoms with Crippen LogP contribution >= 0.6 is 31.9 Å². The number of carbonyl (C=O) groups excluding carboxylic acids is 1. The molecule has 0 radical (unpaired) electrons. The number of benzene rings is 1. The Morgan fingerprint density at radius 2 is 2.06 bits per heavy atom. The maximum atomic E-state index is 10.7. The summed E-state index contributed by atoms with van der Waals surface area (Å²) >= 11 is 6.87. The van der Waals surface area contributed by atoms with Gasteiger partial charge in [-0.05, 0) is 40.2 Å². The summed E-state index contributed by atoms with van der Waals surface area (Å²) in [6, 6.07) is 7.42. The second-order valence-electron chi connectivity index (χ2n) is 3.41. The van der Waals surface area contributed by atoms with E-state index in [2.05, 4.69) is 36.8 Å². The molecule has 1 aromatic carbocycles. The summed E-state index contributed by atoms with van der Waals surface area (Å²) in [4.78, 5) is 13.7. The summed E-state index contributed by atoms with van der Waals surface area (Å²) in [6.45, 7) is 0. The molecule has 2 rings (SSSR count). The third-order valence-electron chi connectivity index (χ3n) is 2.34. The lowest BCUT2D eigenvalue weighted by atomic mass is 10.1. The highest BCUT2D eigenvalue weighted by atomic mass is 79.9. The molecule has 3 nitrogen and oxygen atoms in total. The molecule has 0 saturated carbocycles. The van der Waals surface area contributed by atoms with Crippen LogP contribution in [0.1, 0.15) is 10.5 Å². The van der Waals surface area contributed by atoms with Crippen LogP contribution in [0.5, 0.6) is 5.75 Å². The molecule has 88 valence electrons. The number of H-pyrrole nitrogens is 1. The van der Waals surface area contributed by atoms with Crippen LogP contribution in [0, 0.1) is 0 Å². The van der Waals surface area contributed by atoms with Crippen molar-refractivity contribution in [2.75, 3.05) is 7.11 Å². The molecule has 0 aliphatic heterocycles. The molecule has 17 heavy (non-hydrogen) atoms. The van der Waals surface area contributed by atoms with Crippen LogP contribution in [-0.4, -0.2) is 18.4 Å². The van der Waals surface area contributed by atoms with Gasteiger partial charge in [-0.3, -0.25) is 4.79 Å². The Morgan fingerprint density at radius 1 is 1.29 bits per heavy atom. The molecule has 0 aliphatic rings. The minimum atomic E-state index is 0.540. The van der Waals surface area contributed by atoms with Crippen molar-refractivity contribution in [3.8, 4) is 17.0 Å². The minimum absolute atomic E-state index is 0.540. The largest absolute Gasteiger partial charge is 0.495 e. The first kappa shape index (κ1) is 12.4. The topological polar surface area (TPSA) is 42.1 Å². The molecule has 0 atom stereocenters. The van der Waals surface area contributed by atoms with E-state index in [1.54, 1.807) is 13.2 Å². The number of methoxy groups -OCH3 is 1. The molecule has 5 heteroatoms. The van der Waals surface area contributed by atoms with Gasteiger partial charge in [0.1, 0.15) is 5.75 Å². The standard InChI is InChI=1S/C12H9Br2NO2/c1-17-12-9(4-7(13)5-10(12)14)11-3-2-8(6-16)15-11/h2-6,15H,1H3. The molecule has 0 bridgehead atoms. The van der Waals surface area contributed by atoms with E-state index in [0.29, 0.717) is 5.69 Å². The van der Waals surface area contributed by atoms with E-state index < -0.39 is 0 Å². The van der Waals surface area contributed by atoms with Gasteiger partial charge in [0.25, 0.3) is 0 Å². The SMILES string of the molecule is COc1c(Br)cc(Br)cc1-c1ccc(C=O)[nH]1. The number of hydrogen-bond acceptors (Lipinski definition) is 2. The van der Waals surface area contributed by atoms with Crippen molar-refractivity contribution < 1.29 is 9.53 Å². The van der Waals surface area contributed by atoms with Gasteiger partial charge in [-0.1, -0.05) is 15.9 Å². The van der Waals surface area contributed by atoms with Crippen LogP contribution in [0.15, 0.2) is 33.2 Å². The quantitative estimate of drug-likeness (QED) is 0.841. The Morgan fingerprint density at radius 3 is 2.65 bits per heavy atom. The second kappa shape index (κ2) is 5.06. The smallest absolute Gasteiger partial charge is 0.166 e. The van der Waals surface area contributed by atoms with E-state index in [9.17, 15) is 4.79 Å². The molecule has 0 spiro atoms. The number of carbonyl (C=O) groups is 1. The van der Waals surface area contributed by atoms with Crippen LogP contribution in [0.2, 0.25) is 0 Å². The number of halogens is 2. The Labute approximate surface area is 115 Å². The average Bonchev–Trinajstić information content (AvgIpc) is 2.76. The van der Waals surface area contributed by atoms with Crippen LogP contribution in [0.3, 0.4) is 0 Å². The first-order valence-corrected chi connectivity index (χ1v) is 6.42. The van der Waals surface area contributed by atoms with E-state index in [1.165, 1.54) is 0 Å². The maximum Gasteiger partial charge on any atom is 0.166 e. The Kier molecular flexibility index (Phi) is 3.69. The molecule has 0 aliphatic carbocycles. The molecule has 2 aromatic rings. The maximum absolute atomic E-state index is 10.7. The van der Waals surface area contributed by atoms with Crippen molar-refractivity contribution in [2.24, 2.45) is 0 Å². The van der Waals surface area contributed by atoms with Gasteiger partial charge in [0, 0.05) is 15.7 Å². The van der Waals surface area contributed by atoms with Crippen LogP contribution < -0.4 is 4.74 Å². The average molecular weight is 359 g/mol. The highest BCUT2D eigenvalue weighted by molar-refractivity contribution is 9.11. The van der Waals surface area contributed by atoms with Crippen molar-refractivity contribution in [1.82, 2.24) is 4.98 Å². The lowest BCUT2D eigenvalue weighted by Crippen LogP contribution is -1.90. The highest BCUT2D eigenvalue weighted by Crippen LogP contribution is 2.38. The zero-order chi connectivity index (χ0) is 12.4. The number of aldehydes is 1.